The SMILES string of the molecule is CC(C)C1OC(=O)C=C2C1=CC1OC(=O)C3(C)C(O)CCC2(C)C13. The Bertz CT molecular complexity index is 690. The molecular weight excluding hydrogens is 308 g/mol. The molecule has 6 unspecified atom stereocenters. The maximum absolute atomic E-state index is 12.6. The maximum atomic E-state index is 12.6. The van der Waals surface area contributed by atoms with Gasteiger partial charge in [-0.1, -0.05) is 20.8 Å². The molecule has 5 nitrogen and oxygen atoms in total. The van der Waals surface area contributed by atoms with Gasteiger partial charge in [-0.05, 0) is 42.9 Å². The Kier molecular flexibility index (Phi) is 3.12. The molecule has 0 amide bonds. The van der Waals surface area contributed by atoms with E-state index < -0.39 is 11.5 Å². The zero-order valence-corrected chi connectivity index (χ0v) is 14.5. The van der Waals surface area contributed by atoms with Crippen molar-refractivity contribution in [3.63, 3.8) is 0 Å². The zero-order chi connectivity index (χ0) is 17.4. The number of carbonyl (C=O) groups excluding carboxylic acids is 2. The van der Waals surface area contributed by atoms with Gasteiger partial charge in [-0.2, -0.15) is 0 Å². The van der Waals surface area contributed by atoms with Crippen molar-refractivity contribution in [2.75, 3.05) is 0 Å². The van der Waals surface area contributed by atoms with E-state index in [2.05, 4.69) is 6.92 Å². The molecule has 0 radical (unpaired) electrons. The van der Waals surface area contributed by atoms with Crippen LogP contribution in [0.1, 0.15) is 40.5 Å². The fourth-order valence-electron chi connectivity index (χ4n) is 5.41. The smallest absolute Gasteiger partial charge is 0.331 e. The summed E-state index contributed by atoms with van der Waals surface area (Å²) in [5.41, 5.74) is 0.647. The first-order valence-corrected chi connectivity index (χ1v) is 8.73. The molecule has 0 aromatic rings. The molecule has 5 heteroatoms. The molecule has 6 atom stereocenters. The Morgan fingerprint density at radius 1 is 1.25 bits per heavy atom. The van der Waals surface area contributed by atoms with E-state index in [0.717, 1.165) is 17.6 Å². The largest absolute Gasteiger partial charge is 0.457 e. The van der Waals surface area contributed by atoms with Crippen molar-refractivity contribution in [2.24, 2.45) is 22.7 Å². The number of rotatable bonds is 1. The fraction of sp³-hybridized carbons (Fsp3) is 0.684. The van der Waals surface area contributed by atoms with Gasteiger partial charge in [-0.3, -0.25) is 4.79 Å². The summed E-state index contributed by atoms with van der Waals surface area (Å²) in [7, 11) is 0. The van der Waals surface area contributed by atoms with Crippen LogP contribution in [0.25, 0.3) is 0 Å². The average molecular weight is 332 g/mol. The molecule has 2 heterocycles. The van der Waals surface area contributed by atoms with Crippen LogP contribution in [0.4, 0.5) is 0 Å². The van der Waals surface area contributed by atoms with Crippen LogP contribution in [0.5, 0.6) is 0 Å². The second-order valence-corrected chi connectivity index (χ2v) is 8.38. The van der Waals surface area contributed by atoms with Crippen molar-refractivity contribution < 1.29 is 24.2 Å². The quantitative estimate of drug-likeness (QED) is 0.745. The van der Waals surface area contributed by atoms with E-state index in [4.69, 9.17) is 9.47 Å². The van der Waals surface area contributed by atoms with Gasteiger partial charge in [0.1, 0.15) is 12.2 Å². The summed E-state index contributed by atoms with van der Waals surface area (Å²) in [4.78, 5) is 24.7. The summed E-state index contributed by atoms with van der Waals surface area (Å²) in [5.74, 6) is -0.671. The zero-order valence-electron chi connectivity index (χ0n) is 14.5. The Hall–Kier alpha value is -1.62. The minimum absolute atomic E-state index is 0.140. The van der Waals surface area contributed by atoms with Gasteiger partial charge in [-0.25, -0.2) is 4.79 Å². The molecule has 24 heavy (non-hydrogen) atoms. The van der Waals surface area contributed by atoms with Crippen molar-refractivity contribution in [3.8, 4) is 0 Å². The molecule has 2 fully saturated rings. The second-order valence-electron chi connectivity index (χ2n) is 8.38. The van der Waals surface area contributed by atoms with E-state index in [0.29, 0.717) is 6.42 Å². The molecule has 4 rings (SSSR count). The predicted molar refractivity (Wildman–Crippen MR) is 85.7 cm³/mol. The monoisotopic (exact) mass is 332 g/mol. The number of hydrogen-bond donors (Lipinski definition) is 1. The van der Waals surface area contributed by atoms with Crippen LogP contribution in [-0.2, 0) is 19.1 Å². The molecule has 130 valence electrons. The number of esters is 2. The molecular formula is C19H24O5. The summed E-state index contributed by atoms with van der Waals surface area (Å²) >= 11 is 0. The number of carbonyl (C=O) groups is 2. The van der Waals surface area contributed by atoms with E-state index in [9.17, 15) is 14.7 Å². The van der Waals surface area contributed by atoms with Crippen LogP contribution in [-0.4, -0.2) is 35.4 Å². The van der Waals surface area contributed by atoms with Crippen molar-refractivity contribution in [1.82, 2.24) is 0 Å². The van der Waals surface area contributed by atoms with Gasteiger partial charge in [-0.15, -0.1) is 0 Å². The highest BCUT2D eigenvalue weighted by Crippen LogP contribution is 2.64. The van der Waals surface area contributed by atoms with Crippen LogP contribution < -0.4 is 0 Å². The van der Waals surface area contributed by atoms with Crippen LogP contribution >= 0.6 is 0 Å². The summed E-state index contributed by atoms with van der Waals surface area (Å²) in [6.07, 6.45) is 3.40. The van der Waals surface area contributed by atoms with E-state index >= 15 is 0 Å². The molecule has 0 aromatic heterocycles. The Morgan fingerprint density at radius 3 is 2.62 bits per heavy atom. The first kappa shape index (κ1) is 15.9. The Balaban J connectivity index is 1.92. The summed E-state index contributed by atoms with van der Waals surface area (Å²) in [6, 6.07) is 0. The van der Waals surface area contributed by atoms with Gasteiger partial charge in [0.05, 0.1) is 11.5 Å². The van der Waals surface area contributed by atoms with Crippen molar-refractivity contribution in [2.45, 2.75) is 58.8 Å². The van der Waals surface area contributed by atoms with E-state index in [1.54, 1.807) is 6.08 Å². The third-order valence-corrected chi connectivity index (χ3v) is 6.66. The molecule has 1 saturated heterocycles. The second kappa shape index (κ2) is 4.72. The molecule has 2 aliphatic carbocycles. The van der Waals surface area contributed by atoms with E-state index in [1.165, 1.54) is 0 Å². The highest BCUT2D eigenvalue weighted by atomic mass is 16.6. The average Bonchev–Trinajstić information content (AvgIpc) is 2.77. The van der Waals surface area contributed by atoms with Crippen LogP contribution in [0.2, 0.25) is 0 Å². The lowest BCUT2D eigenvalue weighted by Gasteiger charge is -2.54. The number of fused-ring (bicyclic) bond motifs is 2. The summed E-state index contributed by atoms with van der Waals surface area (Å²) in [5, 5.41) is 10.5. The van der Waals surface area contributed by atoms with Gasteiger partial charge < -0.3 is 14.6 Å². The van der Waals surface area contributed by atoms with Crippen molar-refractivity contribution in [1.29, 1.82) is 0 Å². The molecule has 4 aliphatic rings. The minimum atomic E-state index is -0.921. The molecule has 0 spiro atoms. The highest BCUT2D eigenvalue weighted by Gasteiger charge is 2.68. The van der Waals surface area contributed by atoms with Gasteiger partial charge in [0.15, 0.2) is 0 Å². The van der Waals surface area contributed by atoms with E-state index in [1.807, 2.05) is 26.8 Å². The lowest BCUT2D eigenvalue weighted by molar-refractivity contribution is -0.155. The maximum Gasteiger partial charge on any atom is 0.331 e. The predicted octanol–water partition coefficient (Wildman–Crippen LogP) is 2.14. The van der Waals surface area contributed by atoms with Gasteiger partial charge >= 0.3 is 11.9 Å². The Labute approximate surface area is 141 Å². The molecule has 1 saturated carbocycles. The van der Waals surface area contributed by atoms with Gasteiger partial charge in [0.2, 0.25) is 0 Å². The standard InChI is InChI=1S/C19H24O5/c1-9(2)15-10-7-12-16-18(3,11(10)8-14(21)24-15)6-5-13(20)19(16,4)17(22)23-12/h7-9,12-13,15-16,20H,5-6H2,1-4H3. The normalized spacial score (nSPS) is 46.6. The van der Waals surface area contributed by atoms with Crippen molar-refractivity contribution >= 4 is 11.9 Å². The molecule has 0 bridgehead atoms. The third kappa shape index (κ3) is 1.74. The third-order valence-electron chi connectivity index (χ3n) is 6.66. The molecule has 1 N–H and O–H groups in total. The minimum Gasteiger partial charge on any atom is -0.457 e. The number of ether oxygens (including phenoxy) is 2. The van der Waals surface area contributed by atoms with Gasteiger partial charge in [0, 0.05) is 17.4 Å². The first-order chi connectivity index (χ1) is 11.2. The lowest BCUT2D eigenvalue weighted by Crippen LogP contribution is -2.56. The number of aliphatic hydroxyl groups is 1. The van der Waals surface area contributed by atoms with Crippen molar-refractivity contribution in [3.05, 3.63) is 23.3 Å². The van der Waals surface area contributed by atoms with Crippen LogP contribution in [0, 0.1) is 22.7 Å². The Morgan fingerprint density at radius 2 is 1.96 bits per heavy atom. The van der Waals surface area contributed by atoms with Gasteiger partial charge in [0.25, 0.3) is 0 Å². The van der Waals surface area contributed by atoms with E-state index in [-0.39, 0.29) is 41.4 Å². The summed E-state index contributed by atoms with van der Waals surface area (Å²) in [6.45, 7) is 7.95. The van der Waals surface area contributed by atoms with Crippen LogP contribution in [0.3, 0.4) is 0 Å². The highest BCUT2D eigenvalue weighted by molar-refractivity contribution is 5.88. The number of cyclic esters (lactones) is 1. The molecule has 2 aliphatic heterocycles. The first-order valence-electron chi connectivity index (χ1n) is 8.73. The topological polar surface area (TPSA) is 72.8 Å². The van der Waals surface area contributed by atoms with Crippen LogP contribution in [0.15, 0.2) is 23.3 Å². The molecule has 0 aromatic carbocycles. The fourth-order valence-corrected chi connectivity index (χ4v) is 5.41. The number of hydrogen-bond acceptors (Lipinski definition) is 5. The lowest BCUT2D eigenvalue weighted by atomic mass is 9.48. The number of aliphatic hydroxyl groups excluding tert-OH is 1. The summed E-state index contributed by atoms with van der Waals surface area (Å²) < 4.78 is 11.2.